The Bertz CT molecular complexity index is 1210. The first-order chi connectivity index (χ1) is 19.2. The summed E-state index contributed by atoms with van der Waals surface area (Å²) < 4.78 is 12.5. The summed E-state index contributed by atoms with van der Waals surface area (Å²) in [6.45, 7) is 5.84. The molecule has 39 heavy (non-hydrogen) atoms. The molecule has 7 rings (SSSR count). The molecule has 2 saturated carbocycles. The molecule has 0 saturated heterocycles. The highest BCUT2D eigenvalue weighted by Gasteiger charge is 2.29. The van der Waals surface area contributed by atoms with Gasteiger partial charge in [0.1, 0.15) is 25.0 Å². The molecule has 4 nitrogen and oxygen atoms in total. The summed E-state index contributed by atoms with van der Waals surface area (Å²) in [7, 11) is 0. The van der Waals surface area contributed by atoms with E-state index in [4.69, 9.17) is 9.47 Å². The van der Waals surface area contributed by atoms with E-state index in [1.165, 1.54) is 104 Å². The number of hydrogen-bond acceptors (Lipinski definition) is 4. The van der Waals surface area contributed by atoms with E-state index < -0.39 is 0 Å². The third-order valence-electron chi connectivity index (χ3n) is 10.4. The van der Waals surface area contributed by atoms with Crippen LogP contribution in [0.5, 0.6) is 11.5 Å². The fourth-order valence-corrected chi connectivity index (χ4v) is 8.06. The lowest BCUT2D eigenvalue weighted by Gasteiger charge is -2.38. The Morgan fingerprint density at radius 2 is 1.41 bits per heavy atom. The van der Waals surface area contributed by atoms with Crippen LogP contribution in [-0.2, 0) is 13.1 Å². The maximum absolute atomic E-state index is 6.32. The molecule has 1 atom stereocenters. The summed E-state index contributed by atoms with van der Waals surface area (Å²) in [6.07, 6.45) is 19.7. The van der Waals surface area contributed by atoms with Crippen molar-refractivity contribution in [1.29, 1.82) is 0 Å². The highest BCUT2D eigenvalue weighted by molar-refractivity contribution is 5.69. The van der Waals surface area contributed by atoms with Crippen LogP contribution < -0.4 is 9.47 Å². The molecular formula is C35H46N2O2. The van der Waals surface area contributed by atoms with Gasteiger partial charge in [-0.1, -0.05) is 56.7 Å². The van der Waals surface area contributed by atoms with Crippen LogP contribution in [0.1, 0.15) is 117 Å². The largest absolute Gasteiger partial charge is 0.478 e. The monoisotopic (exact) mass is 526 g/mol. The maximum Gasteiger partial charge on any atom is 0.142 e. The number of allylic oxidation sites excluding steroid dienone is 2. The molecular weight excluding hydrogens is 480 g/mol. The van der Waals surface area contributed by atoms with E-state index in [1.807, 2.05) is 0 Å². The van der Waals surface area contributed by atoms with Gasteiger partial charge in [-0.25, -0.2) is 0 Å². The summed E-state index contributed by atoms with van der Waals surface area (Å²) in [4.78, 5) is 5.17. The fourth-order valence-electron chi connectivity index (χ4n) is 8.06. The van der Waals surface area contributed by atoms with E-state index in [9.17, 15) is 0 Å². The van der Waals surface area contributed by atoms with Crippen LogP contribution in [0, 0.1) is 6.92 Å². The second-order valence-electron chi connectivity index (χ2n) is 13.0. The zero-order chi connectivity index (χ0) is 26.2. The molecule has 0 bridgehead atoms. The van der Waals surface area contributed by atoms with E-state index in [2.05, 4.69) is 53.1 Å². The SMILES string of the molecule is Cc1cc(C2=CCC(c3ccc4c(c3)CN(C3CCCCC3)CO4)CC2)cc2c1OCN(C1CCCCC1)C2. The first-order valence-electron chi connectivity index (χ1n) is 15.9. The molecule has 2 fully saturated rings. The second-order valence-corrected chi connectivity index (χ2v) is 13.0. The lowest BCUT2D eigenvalue weighted by atomic mass is 9.81. The van der Waals surface area contributed by atoms with Gasteiger partial charge in [-0.15, -0.1) is 0 Å². The van der Waals surface area contributed by atoms with Gasteiger partial charge in [-0.05, 0) is 98.2 Å². The quantitative estimate of drug-likeness (QED) is 0.400. The first kappa shape index (κ1) is 25.7. The van der Waals surface area contributed by atoms with Gasteiger partial charge in [0, 0.05) is 36.3 Å². The minimum Gasteiger partial charge on any atom is -0.478 e. The minimum absolute atomic E-state index is 0.605. The van der Waals surface area contributed by atoms with Gasteiger partial charge in [0.2, 0.25) is 0 Å². The Labute approximate surface area is 235 Å². The Kier molecular flexibility index (Phi) is 7.43. The number of fused-ring (bicyclic) bond motifs is 2. The number of nitrogens with zero attached hydrogens (tertiary/aromatic N) is 2. The van der Waals surface area contributed by atoms with Crippen molar-refractivity contribution >= 4 is 5.57 Å². The Morgan fingerprint density at radius 1 is 0.718 bits per heavy atom. The highest BCUT2D eigenvalue weighted by atomic mass is 16.5. The molecule has 2 aromatic rings. The lowest BCUT2D eigenvalue weighted by molar-refractivity contribution is 0.0398. The third kappa shape index (κ3) is 5.39. The predicted octanol–water partition coefficient (Wildman–Crippen LogP) is 8.32. The normalized spacial score (nSPS) is 25.3. The smallest absolute Gasteiger partial charge is 0.142 e. The van der Waals surface area contributed by atoms with Gasteiger partial charge in [-0.3, -0.25) is 9.80 Å². The number of benzene rings is 2. The molecule has 0 spiro atoms. The average Bonchev–Trinajstić information content (AvgIpc) is 3.01. The Hall–Kier alpha value is -2.30. The maximum atomic E-state index is 6.32. The van der Waals surface area contributed by atoms with Crippen LogP contribution in [-0.4, -0.2) is 35.3 Å². The van der Waals surface area contributed by atoms with Crippen LogP contribution in [0.15, 0.2) is 36.4 Å². The third-order valence-corrected chi connectivity index (χ3v) is 10.4. The molecule has 2 aliphatic heterocycles. The van der Waals surface area contributed by atoms with Gasteiger partial charge in [-0.2, -0.15) is 0 Å². The molecule has 5 aliphatic rings. The van der Waals surface area contributed by atoms with Crippen LogP contribution in [0.4, 0.5) is 0 Å². The molecule has 4 heteroatoms. The van der Waals surface area contributed by atoms with Crippen molar-refractivity contribution in [1.82, 2.24) is 9.80 Å². The summed E-state index contributed by atoms with van der Waals surface area (Å²) in [6, 6.07) is 13.3. The summed E-state index contributed by atoms with van der Waals surface area (Å²) in [5.41, 5.74) is 8.52. The van der Waals surface area contributed by atoms with Crippen LogP contribution >= 0.6 is 0 Å². The number of hydrogen-bond donors (Lipinski definition) is 0. The van der Waals surface area contributed by atoms with Crippen molar-refractivity contribution in [2.75, 3.05) is 13.5 Å². The molecule has 1 unspecified atom stereocenters. The van der Waals surface area contributed by atoms with Crippen molar-refractivity contribution in [3.8, 4) is 11.5 Å². The number of ether oxygens (including phenoxy) is 2. The van der Waals surface area contributed by atoms with E-state index in [0.717, 1.165) is 50.9 Å². The summed E-state index contributed by atoms with van der Waals surface area (Å²) >= 11 is 0. The molecule has 0 amide bonds. The van der Waals surface area contributed by atoms with E-state index >= 15 is 0 Å². The van der Waals surface area contributed by atoms with Crippen molar-refractivity contribution in [3.05, 3.63) is 64.2 Å². The molecule has 208 valence electrons. The van der Waals surface area contributed by atoms with E-state index in [1.54, 1.807) is 0 Å². The van der Waals surface area contributed by atoms with Crippen molar-refractivity contribution in [3.63, 3.8) is 0 Å². The van der Waals surface area contributed by atoms with Gasteiger partial charge in [0.25, 0.3) is 0 Å². The topological polar surface area (TPSA) is 24.9 Å². The van der Waals surface area contributed by atoms with Crippen molar-refractivity contribution in [2.24, 2.45) is 0 Å². The molecule has 0 aromatic heterocycles. The Morgan fingerprint density at radius 3 is 2.10 bits per heavy atom. The standard InChI is InChI=1S/C35H46N2O2/c1-25-18-29(20-31-22-37(24-39-35(25)31)33-10-6-3-7-11-33)27-14-12-26(13-15-27)28-16-17-34-30(19-28)21-36(23-38-34)32-8-4-2-5-9-32/h14,16-20,26,32-33H,2-13,15,21-24H2,1H3. The molecule has 2 aromatic carbocycles. The minimum atomic E-state index is 0.605. The lowest BCUT2D eigenvalue weighted by Crippen LogP contribution is -2.41. The van der Waals surface area contributed by atoms with Gasteiger partial charge in [0.05, 0.1) is 0 Å². The van der Waals surface area contributed by atoms with Gasteiger partial charge in [0.15, 0.2) is 0 Å². The first-order valence-corrected chi connectivity index (χ1v) is 15.9. The predicted molar refractivity (Wildman–Crippen MR) is 158 cm³/mol. The highest BCUT2D eigenvalue weighted by Crippen LogP contribution is 2.41. The van der Waals surface area contributed by atoms with Crippen molar-refractivity contribution in [2.45, 2.75) is 121 Å². The van der Waals surface area contributed by atoms with Crippen LogP contribution in [0.2, 0.25) is 0 Å². The summed E-state index contributed by atoms with van der Waals surface area (Å²) in [5, 5.41) is 0. The second kappa shape index (κ2) is 11.3. The van der Waals surface area contributed by atoms with Crippen molar-refractivity contribution < 1.29 is 9.47 Å². The molecule has 2 heterocycles. The average molecular weight is 527 g/mol. The zero-order valence-electron chi connectivity index (χ0n) is 23.9. The molecule has 0 N–H and O–H groups in total. The number of rotatable bonds is 4. The van der Waals surface area contributed by atoms with Gasteiger partial charge >= 0.3 is 0 Å². The zero-order valence-corrected chi connectivity index (χ0v) is 23.9. The Balaban J connectivity index is 1.04. The van der Waals surface area contributed by atoms with E-state index in [0.29, 0.717) is 18.0 Å². The summed E-state index contributed by atoms with van der Waals surface area (Å²) in [5.74, 6) is 2.85. The van der Waals surface area contributed by atoms with Crippen LogP contribution in [0.25, 0.3) is 5.57 Å². The van der Waals surface area contributed by atoms with E-state index in [-0.39, 0.29) is 0 Å². The number of aryl methyl sites for hydroxylation is 1. The molecule has 0 radical (unpaired) electrons. The molecule has 3 aliphatic carbocycles. The fraction of sp³-hybridized carbons (Fsp3) is 0.600. The van der Waals surface area contributed by atoms with Gasteiger partial charge < -0.3 is 9.47 Å². The van der Waals surface area contributed by atoms with Crippen LogP contribution in [0.3, 0.4) is 0 Å².